The van der Waals surface area contributed by atoms with Gasteiger partial charge in [-0.3, -0.25) is 0 Å². The maximum Gasteiger partial charge on any atom is 0.333 e. The highest BCUT2D eigenvalue weighted by Gasteiger charge is 2.29. The van der Waals surface area contributed by atoms with Crippen LogP contribution in [0.1, 0.15) is 55.1 Å². The highest BCUT2D eigenvalue weighted by molar-refractivity contribution is 7.87. The van der Waals surface area contributed by atoms with E-state index in [1.807, 2.05) is 30.7 Å². The number of aromatic nitrogens is 2. The predicted molar refractivity (Wildman–Crippen MR) is 106 cm³/mol. The van der Waals surface area contributed by atoms with Crippen LogP contribution in [0.15, 0.2) is 18.5 Å². The number of imidazole rings is 1. The van der Waals surface area contributed by atoms with E-state index in [0.29, 0.717) is 30.5 Å². The summed E-state index contributed by atoms with van der Waals surface area (Å²) >= 11 is 1.64. The first-order chi connectivity index (χ1) is 12.7. The van der Waals surface area contributed by atoms with Gasteiger partial charge in [0.1, 0.15) is 5.82 Å². The second-order valence-corrected chi connectivity index (χ2v) is 9.95. The second-order valence-electron chi connectivity index (χ2n) is 7.17. The monoisotopic (exact) mass is 411 g/mol. The minimum absolute atomic E-state index is 0.142. The van der Waals surface area contributed by atoms with Crippen molar-refractivity contribution in [2.45, 2.75) is 52.6 Å². The van der Waals surface area contributed by atoms with Crippen molar-refractivity contribution in [1.29, 1.82) is 0 Å². The first-order valence-electron chi connectivity index (χ1n) is 8.90. The van der Waals surface area contributed by atoms with E-state index in [0.717, 1.165) is 9.75 Å². The molecule has 2 amide bonds. The number of rotatable bonds is 5. The highest BCUT2D eigenvalue weighted by Crippen LogP contribution is 2.36. The Bertz CT molecular complexity index is 930. The lowest BCUT2D eigenvalue weighted by Gasteiger charge is -2.26. The van der Waals surface area contributed by atoms with Crippen molar-refractivity contribution >= 4 is 33.3 Å². The molecule has 0 saturated carbocycles. The molecule has 148 valence electrons. The molecule has 0 spiro atoms. The molecule has 3 heterocycles. The summed E-state index contributed by atoms with van der Waals surface area (Å²) in [5.41, 5.74) is 0.667. The summed E-state index contributed by atoms with van der Waals surface area (Å²) in [5, 5.41) is 2.71. The fourth-order valence-corrected chi connectivity index (χ4v) is 5.07. The molecule has 0 unspecified atom stereocenters. The summed E-state index contributed by atoms with van der Waals surface area (Å²) in [6.45, 7) is 9.21. The molecule has 1 aliphatic rings. The molecule has 0 atom stereocenters. The summed E-state index contributed by atoms with van der Waals surface area (Å²) in [4.78, 5) is 18.7. The third-order valence-electron chi connectivity index (χ3n) is 4.39. The average molecular weight is 412 g/mol. The van der Waals surface area contributed by atoms with Gasteiger partial charge in [0.05, 0.1) is 12.2 Å². The summed E-state index contributed by atoms with van der Waals surface area (Å²) < 4.78 is 30.4. The third kappa shape index (κ3) is 4.33. The summed E-state index contributed by atoms with van der Waals surface area (Å²) in [5.74, 6) is 1.23. The smallest absolute Gasteiger partial charge is 0.332 e. The molecule has 2 N–H and O–H groups in total. The minimum atomic E-state index is -3.94. The third-order valence-corrected chi connectivity index (χ3v) is 7.56. The van der Waals surface area contributed by atoms with Crippen molar-refractivity contribution in [2.24, 2.45) is 0 Å². The van der Waals surface area contributed by atoms with Gasteiger partial charge >= 0.3 is 16.2 Å². The first-order valence-corrected chi connectivity index (χ1v) is 11.2. The Labute approximate surface area is 163 Å². The van der Waals surface area contributed by atoms with Gasteiger partial charge < -0.3 is 9.88 Å². The molecule has 0 bridgehead atoms. The van der Waals surface area contributed by atoms with Gasteiger partial charge in [0.2, 0.25) is 0 Å². The quantitative estimate of drug-likeness (QED) is 0.790. The summed E-state index contributed by atoms with van der Waals surface area (Å²) in [6, 6.07) is 1.17. The topological polar surface area (TPSA) is 96.3 Å². The Hall–Kier alpha value is -1.91. The van der Waals surface area contributed by atoms with Crippen LogP contribution < -0.4 is 10.0 Å². The zero-order valence-corrected chi connectivity index (χ0v) is 17.5. The highest BCUT2D eigenvalue weighted by atomic mass is 32.2. The molecule has 0 radical (unpaired) electrons. The zero-order chi connectivity index (χ0) is 19.8. The molecule has 2 aromatic heterocycles. The van der Waals surface area contributed by atoms with Gasteiger partial charge in [0.25, 0.3) is 0 Å². The summed E-state index contributed by atoms with van der Waals surface area (Å²) in [6.07, 6.45) is 3.46. The van der Waals surface area contributed by atoms with Crippen LogP contribution in [-0.4, -0.2) is 34.8 Å². The molecule has 27 heavy (non-hydrogen) atoms. The molecule has 3 rings (SSSR count). The van der Waals surface area contributed by atoms with E-state index in [1.54, 1.807) is 17.5 Å². The number of nitrogens with one attached hydrogen (secondary N) is 2. The number of hydrogen-bond donors (Lipinski definition) is 2. The van der Waals surface area contributed by atoms with E-state index in [9.17, 15) is 13.2 Å². The van der Waals surface area contributed by atoms with E-state index < -0.39 is 16.2 Å². The maximum absolute atomic E-state index is 12.6. The SMILES string of the molecule is CC(C)c1cc(NC(=O)NS(=O)(=O)N2CCn3ccnc3C2)c(C(C)C)s1. The Morgan fingerprint density at radius 2 is 1.96 bits per heavy atom. The minimum Gasteiger partial charge on any atom is -0.332 e. The number of thiophene rings is 1. The van der Waals surface area contributed by atoms with Gasteiger partial charge in [-0.15, -0.1) is 11.3 Å². The van der Waals surface area contributed by atoms with Crippen molar-refractivity contribution in [3.05, 3.63) is 34.0 Å². The lowest BCUT2D eigenvalue weighted by molar-refractivity contribution is 0.255. The normalized spacial score (nSPS) is 15.2. The van der Waals surface area contributed by atoms with E-state index in [1.165, 1.54) is 4.31 Å². The van der Waals surface area contributed by atoms with E-state index in [2.05, 4.69) is 28.9 Å². The van der Waals surface area contributed by atoms with Crippen molar-refractivity contribution in [1.82, 2.24) is 18.6 Å². The van der Waals surface area contributed by atoms with Gasteiger partial charge in [0.15, 0.2) is 0 Å². The van der Waals surface area contributed by atoms with E-state index >= 15 is 0 Å². The van der Waals surface area contributed by atoms with Crippen molar-refractivity contribution < 1.29 is 13.2 Å². The lowest BCUT2D eigenvalue weighted by Crippen LogP contribution is -2.47. The molecule has 10 heteroatoms. The Balaban J connectivity index is 1.70. The molecule has 8 nitrogen and oxygen atoms in total. The molecule has 2 aromatic rings. The first kappa shape index (κ1) is 19.8. The van der Waals surface area contributed by atoms with Gasteiger partial charge in [-0.1, -0.05) is 27.7 Å². The predicted octanol–water partition coefficient (Wildman–Crippen LogP) is 3.07. The van der Waals surface area contributed by atoms with Crippen molar-refractivity contribution in [2.75, 3.05) is 11.9 Å². The van der Waals surface area contributed by atoms with Crippen LogP contribution in [0.2, 0.25) is 0 Å². The number of nitrogens with zero attached hydrogens (tertiary/aromatic N) is 3. The molecule has 0 saturated heterocycles. The Morgan fingerprint density at radius 1 is 1.22 bits per heavy atom. The van der Waals surface area contributed by atoms with Crippen LogP contribution in [0.3, 0.4) is 0 Å². The van der Waals surface area contributed by atoms with Crippen LogP contribution >= 0.6 is 11.3 Å². The standard InChI is InChI=1S/C17H25N5O3S2/c1-11(2)14-9-13(16(26-14)12(3)4)19-17(23)20-27(24,25)22-8-7-21-6-5-18-15(21)10-22/h5-6,9,11-12H,7-8,10H2,1-4H3,(H2,19,20,23). The number of amides is 2. The second kappa shape index (κ2) is 7.61. The van der Waals surface area contributed by atoms with Crippen molar-refractivity contribution in [3.63, 3.8) is 0 Å². The van der Waals surface area contributed by atoms with Gasteiger partial charge in [0, 0.05) is 35.2 Å². The largest absolute Gasteiger partial charge is 0.333 e. The number of carbonyl (C=O) groups is 1. The van der Waals surface area contributed by atoms with Crippen LogP contribution in [0.5, 0.6) is 0 Å². The Kier molecular flexibility index (Phi) is 5.59. The summed E-state index contributed by atoms with van der Waals surface area (Å²) in [7, 11) is -3.94. The van der Waals surface area contributed by atoms with Crippen LogP contribution in [0.25, 0.3) is 0 Å². The number of hydrogen-bond acceptors (Lipinski definition) is 5. The molecular weight excluding hydrogens is 386 g/mol. The molecule has 0 aliphatic carbocycles. The number of anilines is 1. The maximum atomic E-state index is 12.6. The number of carbonyl (C=O) groups excluding carboxylic acids is 1. The molecular formula is C17H25N5O3S2. The van der Waals surface area contributed by atoms with Gasteiger partial charge in [-0.05, 0) is 17.9 Å². The zero-order valence-electron chi connectivity index (χ0n) is 15.9. The van der Waals surface area contributed by atoms with Gasteiger partial charge in [-0.25, -0.2) is 14.5 Å². The van der Waals surface area contributed by atoms with Gasteiger partial charge in [-0.2, -0.15) is 12.7 Å². The number of fused-ring (bicyclic) bond motifs is 1. The van der Waals surface area contributed by atoms with Crippen molar-refractivity contribution in [3.8, 4) is 0 Å². The number of urea groups is 1. The molecule has 0 aromatic carbocycles. The fraction of sp³-hybridized carbons (Fsp3) is 0.529. The van der Waals surface area contributed by atoms with Crippen LogP contribution in [-0.2, 0) is 23.3 Å². The van der Waals surface area contributed by atoms with Crippen LogP contribution in [0.4, 0.5) is 10.5 Å². The van der Waals surface area contributed by atoms with Crippen LogP contribution in [0, 0.1) is 0 Å². The molecule has 0 fully saturated rings. The lowest BCUT2D eigenvalue weighted by atomic mass is 10.1. The fourth-order valence-electron chi connectivity index (χ4n) is 2.92. The van der Waals surface area contributed by atoms with E-state index in [-0.39, 0.29) is 12.5 Å². The average Bonchev–Trinajstić information content (AvgIpc) is 3.19. The Morgan fingerprint density at radius 3 is 2.63 bits per heavy atom. The van der Waals surface area contributed by atoms with E-state index in [4.69, 9.17) is 0 Å². The molecule has 1 aliphatic heterocycles.